The van der Waals surface area contributed by atoms with Crippen LogP contribution in [0, 0.1) is 0 Å². The van der Waals surface area contributed by atoms with Gasteiger partial charge in [-0.25, -0.2) is 9.78 Å². The molecule has 0 saturated heterocycles. The predicted octanol–water partition coefficient (Wildman–Crippen LogP) is 6.39. The van der Waals surface area contributed by atoms with Crippen molar-refractivity contribution in [3.8, 4) is 16.9 Å². The molecular weight excluding hydrogens is 482 g/mol. The van der Waals surface area contributed by atoms with Gasteiger partial charge >= 0.3 is 5.97 Å². The lowest BCUT2D eigenvalue weighted by molar-refractivity contribution is 0.0529. The number of aromatic nitrogens is 1. The quantitative estimate of drug-likeness (QED) is 0.254. The van der Waals surface area contributed by atoms with Crippen molar-refractivity contribution in [2.45, 2.75) is 33.1 Å². The zero-order chi connectivity index (χ0) is 24.9. The number of nitrogens with two attached hydrogens (primary N) is 1. The summed E-state index contributed by atoms with van der Waals surface area (Å²) in [5, 5.41) is 5.89. The molecule has 3 aromatic heterocycles. The van der Waals surface area contributed by atoms with Gasteiger partial charge in [-0.15, -0.1) is 22.7 Å². The van der Waals surface area contributed by atoms with Crippen molar-refractivity contribution in [3.05, 3.63) is 57.9 Å². The van der Waals surface area contributed by atoms with Crippen LogP contribution in [0.25, 0.3) is 21.3 Å². The first-order chi connectivity index (χ1) is 17.0. The van der Waals surface area contributed by atoms with Gasteiger partial charge in [-0.1, -0.05) is 25.5 Å². The van der Waals surface area contributed by atoms with E-state index in [9.17, 15) is 9.59 Å². The number of fused-ring (bicyclic) bond motifs is 1. The standard InChI is InChI=1S/C26H27N3O4S2/c1-4-6-7-16-10-13-18-21(27)22(35-24(18)28-16)23(30)29-25-20(26(31)33-5-2)19(14-34-25)15-8-11-17(32-3)12-9-15/h8-14H,4-7,27H2,1-3H3,(H,29,30). The smallest absolute Gasteiger partial charge is 0.341 e. The third-order valence-electron chi connectivity index (χ3n) is 5.54. The van der Waals surface area contributed by atoms with E-state index < -0.39 is 5.97 Å². The summed E-state index contributed by atoms with van der Waals surface area (Å²) in [6.45, 7) is 4.11. The molecule has 4 rings (SSSR count). The highest BCUT2D eigenvalue weighted by molar-refractivity contribution is 7.21. The number of benzene rings is 1. The topological polar surface area (TPSA) is 104 Å². The molecule has 0 aliphatic rings. The number of nitrogen functional groups attached to an aromatic ring is 1. The van der Waals surface area contributed by atoms with Gasteiger partial charge in [-0.2, -0.15) is 0 Å². The number of thiophene rings is 2. The monoisotopic (exact) mass is 509 g/mol. The molecule has 3 N–H and O–H groups in total. The zero-order valence-corrected chi connectivity index (χ0v) is 21.5. The number of ether oxygens (including phenoxy) is 2. The number of unbranched alkanes of at least 4 members (excludes halogenated alkanes) is 1. The van der Waals surface area contributed by atoms with Gasteiger partial charge < -0.3 is 20.5 Å². The van der Waals surface area contributed by atoms with Crippen molar-refractivity contribution in [3.63, 3.8) is 0 Å². The van der Waals surface area contributed by atoms with Crippen molar-refractivity contribution >= 4 is 55.5 Å². The third kappa shape index (κ3) is 5.16. The Labute approximate surface area is 211 Å². The van der Waals surface area contributed by atoms with Gasteiger partial charge in [0, 0.05) is 22.0 Å². The number of rotatable bonds is 9. The molecule has 1 amide bonds. The fraction of sp³-hybridized carbons (Fsp3) is 0.269. The van der Waals surface area contributed by atoms with Crippen LogP contribution in [0.5, 0.6) is 5.75 Å². The van der Waals surface area contributed by atoms with Crippen LogP contribution in [0.4, 0.5) is 10.7 Å². The molecule has 0 radical (unpaired) electrons. The Kier molecular flexibility index (Phi) is 7.67. The minimum Gasteiger partial charge on any atom is -0.497 e. The number of nitrogens with zero attached hydrogens (tertiary/aromatic N) is 1. The van der Waals surface area contributed by atoms with Crippen LogP contribution in [0.2, 0.25) is 0 Å². The van der Waals surface area contributed by atoms with Gasteiger partial charge in [0.05, 0.1) is 19.4 Å². The van der Waals surface area contributed by atoms with E-state index in [1.165, 1.54) is 22.7 Å². The number of pyridine rings is 1. The van der Waals surface area contributed by atoms with Crippen LogP contribution in [-0.4, -0.2) is 30.6 Å². The number of hydrogen-bond acceptors (Lipinski definition) is 8. The zero-order valence-electron chi connectivity index (χ0n) is 19.8. The minimum atomic E-state index is -0.499. The Balaban J connectivity index is 1.67. The first kappa shape index (κ1) is 24.7. The highest BCUT2D eigenvalue weighted by atomic mass is 32.1. The van der Waals surface area contributed by atoms with E-state index in [0.717, 1.165) is 40.7 Å². The maximum absolute atomic E-state index is 13.3. The Hall–Kier alpha value is -3.43. The molecule has 0 atom stereocenters. The number of aryl methyl sites for hydroxylation is 1. The van der Waals surface area contributed by atoms with E-state index in [2.05, 4.69) is 17.2 Å². The first-order valence-corrected chi connectivity index (χ1v) is 13.1. The lowest BCUT2D eigenvalue weighted by Crippen LogP contribution is -2.14. The molecule has 35 heavy (non-hydrogen) atoms. The molecule has 0 saturated carbocycles. The van der Waals surface area contributed by atoms with Gasteiger partial charge in [0.25, 0.3) is 5.91 Å². The summed E-state index contributed by atoms with van der Waals surface area (Å²) in [6.07, 6.45) is 3.03. The molecule has 9 heteroatoms. The van der Waals surface area contributed by atoms with Crippen LogP contribution in [0.1, 0.15) is 52.4 Å². The molecule has 0 unspecified atom stereocenters. The number of carbonyl (C=O) groups excluding carboxylic acids is 2. The van der Waals surface area contributed by atoms with Gasteiger partial charge in [0.2, 0.25) is 0 Å². The second-order valence-corrected chi connectivity index (χ2v) is 9.74. The fourth-order valence-electron chi connectivity index (χ4n) is 3.70. The van der Waals surface area contributed by atoms with Crippen molar-refractivity contribution in [2.75, 3.05) is 24.8 Å². The van der Waals surface area contributed by atoms with Crippen LogP contribution < -0.4 is 15.8 Å². The van der Waals surface area contributed by atoms with Gasteiger partial charge in [0.15, 0.2) is 0 Å². The number of amides is 1. The number of methoxy groups -OCH3 is 1. The summed E-state index contributed by atoms with van der Waals surface area (Å²) in [5.74, 6) is -0.169. The lowest BCUT2D eigenvalue weighted by Gasteiger charge is -2.09. The van der Waals surface area contributed by atoms with E-state index in [4.69, 9.17) is 15.2 Å². The van der Waals surface area contributed by atoms with E-state index in [0.29, 0.717) is 32.4 Å². The van der Waals surface area contributed by atoms with Crippen LogP contribution in [-0.2, 0) is 11.2 Å². The van der Waals surface area contributed by atoms with Crippen molar-refractivity contribution < 1.29 is 19.1 Å². The molecule has 182 valence electrons. The Bertz CT molecular complexity index is 1360. The molecular formula is C26H27N3O4S2. The molecule has 0 spiro atoms. The molecule has 7 nitrogen and oxygen atoms in total. The molecule has 0 aliphatic heterocycles. The fourth-order valence-corrected chi connectivity index (χ4v) is 5.66. The molecule has 1 aromatic carbocycles. The van der Waals surface area contributed by atoms with Crippen LogP contribution in [0.3, 0.4) is 0 Å². The number of nitrogens with one attached hydrogen (secondary N) is 1. The normalized spacial score (nSPS) is 10.9. The summed E-state index contributed by atoms with van der Waals surface area (Å²) < 4.78 is 10.5. The highest BCUT2D eigenvalue weighted by Crippen LogP contribution is 2.38. The largest absolute Gasteiger partial charge is 0.497 e. The Morgan fingerprint density at radius 1 is 1.11 bits per heavy atom. The summed E-state index contributed by atoms with van der Waals surface area (Å²) >= 11 is 2.52. The number of esters is 1. The number of carbonyl (C=O) groups is 2. The molecule has 0 bridgehead atoms. The second kappa shape index (κ2) is 10.9. The third-order valence-corrected chi connectivity index (χ3v) is 7.55. The predicted molar refractivity (Wildman–Crippen MR) is 143 cm³/mol. The Morgan fingerprint density at radius 2 is 1.89 bits per heavy atom. The van der Waals surface area contributed by atoms with Gasteiger partial charge in [-0.05, 0) is 49.6 Å². The molecule has 3 heterocycles. The second-order valence-electron chi connectivity index (χ2n) is 7.86. The summed E-state index contributed by atoms with van der Waals surface area (Å²) in [7, 11) is 1.60. The molecule has 0 fully saturated rings. The molecule has 0 aliphatic carbocycles. The van der Waals surface area contributed by atoms with E-state index in [1.807, 2.05) is 41.8 Å². The number of anilines is 2. The van der Waals surface area contributed by atoms with E-state index in [-0.39, 0.29) is 12.5 Å². The first-order valence-electron chi connectivity index (χ1n) is 11.4. The summed E-state index contributed by atoms with van der Waals surface area (Å²) in [6, 6.07) is 11.2. The van der Waals surface area contributed by atoms with Crippen molar-refractivity contribution in [2.24, 2.45) is 0 Å². The summed E-state index contributed by atoms with van der Waals surface area (Å²) in [4.78, 5) is 31.9. The van der Waals surface area contributed by atoms with Crippen LogP contribution >= 0.6 is 22.7 Å². The Morgan fingerprint density at radius 3 is 2.57 bits per heavy atom. The maximum atomic E-state index is 13.3. The number of hydrogen-bond donors (Lipinski definition) is 2. The van der Waals surface area contributed by atoms with Crippen LogP contribution in [0.15, 0.2) is 41.8 Å². The SMILES string of the molecule is CCCCc1ccc2c(N)c(C(=O)Nc3scc(-c4ccc(OC)cc4)c3C(=O)OCC)sc2n1. The van der Waals surface area contributed by atoms with Gasteiger partial charge in [0.1, 0.15) is 26.0 Å². The molecule has 4 aromatic rings. The highest BCUT2D eigenvalue weighted by Gasteiger charge is 2.25. The average Bonchev–Trinajstić information content (AvgIpc) is 3.43. The van der Waals surface area contributed by atoms with E-state index >= 15 is 0 Å². The van der Waals surface area contributed by atoms with Crippen molar-refractivity contribution in [1.29, 1.82) is 0 Å². The van der Waals surface area contributed by atoms with Gasteiger partial charge in [-0.3, -0.25) is 4.79 Å². The summed E-state index contributed by atoms with van der Waals surface area (Å²) in [5.41, 5.74) is 9.51. The van der Waals surface area contributed by atoms with E-state index in [1.54, 1.807) is 14.0 Å². The lowest BCUT2D eigenvalue weighted by atomic mass is 10.0. The maximum Gasteiger partial charge on any atom is 0.341 e. The minimum absolute atomic E-state index is 0.222. The van der Waals surface area contributed by atoms with Crippen molar-refractivity contribution in [1.82, 2.24) is 4.98 Å². The average molecular weight is 510 g/mol.